The van der Waals surface area contributed by atoms with Crippen molar-refractivity contribution in [2.24, 2.45) is 0 Å². The zero-order chi connectivity index (χ0) is 21.0. The van der Waals surface area contributed by atoms with Crippen LogP contribution in [0.2, 0.25) is 18.1 Å². The first-order chi connectivity index (χ1) is 12.9. The summed E-state index contributed by atoms with van der Waals surface area (Å²) < 4.78 is 11.7. The molecule has 0 amide bonds. The summed E-state index contributed by atoms with van der Waals surface area (Å²) in [4.78, 5) is 11.7. The largest absolute Gasteiger partial charge is 0.423 e. The monoisotopic (exact) mass is 399 g/mol. The van der Waals surface area contributed by atoms with Crippen molar-refractivity contribution in [2.45, 2.75) is 64.8 Å². The fraction of sp³-hybridized carbons (Fsp3) is 0.478. The molecule has 2 aromatic rings. The van der Waals surface area contributed by atoms with Gasteiger partial charge in [0, 0.05) is 18.0 Å². The standard InChI is InChI=1S/C23H33NO3Si/c1-22(2,3)28(6,7)27-23(4,5)15-11-8-12-16-24-19-17-21(25)26-20-14-10-9-13-18(19)20/h8-10,13-15,17,24H,12,16H2,1-7H3. The Morgan fingerprint density at radius 2 is 1.86 bits per heavy atom. The van der Waals surface area contributed by atoms with Crippen LogP contribution in [0.1, 0.15) is 41.0 Å². The van der Waals surface area contributed by atoms with E-state index in [0.29, 0.717) is 12.1 Å². The molecule has 0 aliphatic heterocycles. The highest BCUT2D eigenvalue weighted by atomic mass is 28.4. The molecule has 1 heterocycles. The maximum absolute atomic E-state index is 11.7. The number of hydrogen-bond acceptors (Lipinski definition) is 4. The summed E-state index contributed by atoms with van der Waals surface area (Å²) >= 11 is 0. The summed E-state index contributed by atoms with van der Waals surface area (Å²) in [5, 5.41) is 4.40. The maximum Gasteiger partial charge on any atom is 0.338 e. The van der Waals surface area contributed by atoms with E-state index in [4.69, 9.17) is 8.84 Å². The Morgan fingerprint density at radius 3 is 2.54 bits per heavy atom. The molecule has 1 aromatic carbocycles. The molecule has 1 aromatic heterocycles. The molecule has 2 rings (SSSR count). The maximum atomic E-state index is 11.7. The highest BCUT2D eigenvalue weighted by Gasteiger charge is 2.40. The van der Waals surface area contributed by atoms with E-state index in [2.05, 4.69) is 58.8 Å². The van der Waals surface area contributed by atoms with E-state index in [0.717, 1.165) is 17.5 Å². The molecule has 28 heavy (non-hydrogen) atoms. The number of para-hydroxylation sites is 1. The van der Waals surface area contributed by atoms with E-state index in [1.165, 1.54) is 6.07 Å². The predicted molar refractivity (Wildman–Crippen MR) is 121 cm³/mol. The molecule has 5 heteroatoms. The van der Waals surface area contributed by atoms with Crippen LogP contribution in [0, 0.1) is 0 Å². The van der Waals surface area contributed by atoms with Gasteiger partial charge in [-0.1, -0.05) is 32.9 Å². The topological polar surface area (TPSA) is 51.5 Å². The van der Waals surface area contributed by atoms with Crippen LogP contribution in [-0.2, 0) is 4.43 Å². The first-order valence-corrected chi connectivity index (χ1v) is 12.7. The second kappa shape index (κ2) is 8.52. The van der Waals surface area contributed by atoms with Crippen molar-refractivity contribution in [1.82, 2.24) is 0 Å². The first-order valence-electron chi connectivity index (χ1n) is 9.80. The molecule has 0 bridgehead atoms. The quantitative estimate of drug-likeness (QED) is 0.264. The summed E-state index contributed by atoms with van der Waals surface area (Å²) in [5.41, 5.74) is 3.96. The van der Waals surface area contributed by atoms with Crippen LogP contribution >= 0.6 is 0 Å². The van der Waals surface area contributed by atoms with Crippen molar-refractivity contribution >= 4 is 25.0 Å². The number of fused-ring (bicyclic) bond motifs is 1. The molecular formula is C23H33NO3Si. The van der Waals surface area contributed by atoms with E-state index in [1.54, 1.807) is 6.07 Å². The minimum atomic E-state index is -1.83. The second-order valence-electron chi connectivity index (χ2n) is 9.17. The average Bonchev–Trinajstić information content (AvgIpc) is 2.55. The lowest BCUT2D eigenvalue weighted by Crippen LogP contribution is -2.46. The van der Waals surface area contributed by atoms with E-state index < -0.39 is 8.32 Å². The van der Waals surface area contributed by atoms with Gasteiger partial charge >= 0.3 is 5.63 Å². The molecule has 0 unspecified atom stereocenters. The van der Waals surface area contributed by atoms with Gasteiger partial charge < -0.3 is 14.2 Å². The third kappa shape index (κ3) is 5.96. The molecule has 0 fully saturated rings. The molecule has 0 atom stereocenters. The third-order valence-electron chi connectivity index (χ3n) is 5.13. The molecule has 0 radical (unpaired) electrons. The molecular weight excluding hydrogens is 366 g/mol. The molecule has 4 nitrogen and oxygen atoms in total. The van der Waals surface area contributed by atoms with Crippen LogP contribution in [0.4, 0.5) is 5.69 Å². The van der Waals surface area contributed by atoms with Gasteiger partial charge in [-0.15, -0.1) is 5.73 Å². The van der Waals surface area contributed by atoms with Gasteiger partial charge in [0.1, 0.15) is 5.58 Å². The van der Waals surface area contributed by atoms with Crippen LogP contribution in [0.15, 0.2) is 57.4 Å². The molecule has 152 valence electrons. The minimum absolute atomic E-state index is 0.177. The Labute approximate surface area is 169 Å². The molecule has 0 saturated carbocycles. The Hall–Kier alpha value is -2.07. The first kappa shape index (κ1) is 22.2. The molecule has 0 aliphatic carbocycles. The van der Waals surface area contributed by atoms with Crippen molar-refractivity contribution < 1.29 is 8.84 Å². The second-order valence-corrected chi connectivity index (χ2v) is 13.9. The van der Waals surface area contributed by atoms with E-state index >= 15 is 0 Å². The van der Waals surface area contributed by atoms with Crippen molar-refractivity contribution in [3.63, 3.8) is 0 Å². The fourth-order valence-corrected chi connectivity index (χ4v) is 4.40. The summed E-state index contributed by atoms with van der Waals surface area (Å²) in [6.45, 7) is 16.1. The normalized spacial score (nSPS) is 12.5. The number of anilines is 1. The van der Waals surface area contributed by atoms with Gasteiger partial charge in [-0.2, -0.15) is 0 Å². The van der Waals surface area contributed by atoms with Crippen molar-refractivity contribution in [2.75, 3.05) is 11.9 Å². The summed E-state index contributed by atoms with van der Waals surface area (Å²) in [6.07, 6.45) is 4.79. The van der Waals surface area contributed by atoms with Crippen molar-refractivity contribution in [3.8, 4) is 0 Å². The van der Waals surface area contributed by atoms with E-state index in [9.17, 15) is 4.79 Å². The number of hydrogen-bond donors (Lipinski definition) is 1. The van der Waals surface area contributed by atoms with Crippen molar-refractivity contribution in [1.29, 1.82) is 0 Å². The van der Waals surface area contributed by atoms with Gasteiger partial charge in [0.05, 0.1) is 11.3 Å². The van der Waals surface area contributed by atoms with Crippen LogP contribution in [-0.4, -0.2) is 20.5 Å². The van der Waals surface area contributed by atoms with Gasteiger partial charge in [-0.25, -0.2) is 4.79 Å². The van der Waals surface area contributed by atoms with Gasteiger partial charge in [-0.05, 0) is 62.7 Å². The van der Waals surface area contributed by atoms with Crippen LogP contribution in [0.3, 0.4) is 0 Å². The van der Waals surface area contributed by atoms with E-state index in [1.807, 2.05) is 30.4 Å². The average molecular weight is 400 g/mol. The molecule has 0 aliphatic rings. The Bertz CT molecular complexity index is 929. The smallest absolute Gasteiger partial charge is 0.338 e. The minimum Gasteiger partial charge on any atom is -0.423 e. The van der Waals surface area contributed by atoms with Crippen LogP contribution in [0.25, 0.3) is 11.0 Å². The predicted octanol–water partition coefficient (Wildman–Crippen LogP) is 6.11. The van der Waals surface area contributed by atoms with Gasteiger partial charge in [0.15, 0.2) is 8.32 Å². The number of rotatable bonds is 7. The van der Waals surface area contributed by atoms with Crippen LogP contribution in [0.5, 0.6) is 0 Å². The van der Waals surface area contributed by atoms with Crippen molar-refractivity contribution in [3.05, 3.63) is 58.6 Å². The number of nitrogens with one attached hydrogen (secondary N) is 1. The zero-order valence-corrected chi connectivity index (χ0v) is 19.2. The lowest BCUT2D eigenvalue weighted by molar-refractivity contribution is 0.142. The highest BCUT2D eigenvalue weighted by Crippen LogP contribution is 2.39. The SMILES string of the molecule is CC(C)(C=C=CCCNc1cc(=O)oc2ccccc12)O[Si](C)(C)C(C)(C)C. The van der Waals surface area contributed by atoms with E-state index in [-0.39, 0.29) is 16.3 Å². The fourth-order valence-electron chi connectivity index (χ4n) is 2.72. The van der Waals surface area contributed by atoms with Gasteiger partial charge in [-0.3, -0.25) is 0 Å². The van der Waals surface area contributed by atoms with Gasteiger partial charge in [0.2, 0.25) is 0 Å². The Balaban J connectivity index is 1.96. The molecule has 0 spiro atoms. The summed E-state index contributed by atoms with van der Waals surface area (Å²) in [6, 6.07) is 9.03. The molecule has 0 saturated heterocycles. The third-order valence-corrected chi connectivity index (χ3v) is 9.78. The lowest BCUT2D eigenvalue weighted by atomic mass is 10.1. The molecule has 1 N–H and O–H groups in total. The zero-order valence-electron chi connectivity index (χ0n) is 18.2. The highest BCUT2D eigenvalue weighted by molar-refractivity contribution is 6.74. The summed E-state index contributed by atoms with van der Waals surface area (Å²) in [5.74, 6) is 0. The number of benzene rings is 1. The van der Waals surface area contributed by atoms with Gasteiger partial charge in [0.25, 0.3) is 0 Å². The lowest BCUT2D eigenvalue weighted by Gasteiger charge is -2.41. The Morgan fingerprint density at radius 1 is 1.18 bits per heavy atom. The Kier molecular flexibility index (Phi) is 6.76. The van der Waals surface area contributed by atoms with Crippen LogP contribution < -0.4 is 10.9 Å². The summed E-state index contributed by atoms with van der Waals surface area (Å²) in [7, 11) is -1.83.